The lowest BCUT2D eigenvalue weighted by atomic mass is 9.86. The number of aromatic amines is 2. The Labute approximate surface area is 403 Å². The van der Waals surface area contributed by atoms with E-state index < -0.39 is 35.6 Å². The Hall–Kier alpha value is -6.08. The van der Waals surface area contributed by atoms with Crippen LogP contribution in [0, 0.1) is 13.8 Å². The van der Waals surface area contributed by atoms with Gasteiger partial charge in [-0.05, 0) is 63.8 Å². The molecule has 2 amide bonds. The lowest BCUT2D eigenvalue weighted by Gasteiger charge is -2.37. The number of hydrogen-bond donors (Lipinski definition) is 8. The third kappa shape index (κ3) is 12.6. The van der Waals surface area contributed by atoms with Crippen LogP contribution >= 0.6 is 12.4 Å². The SMILES string of the molecule is CS(=O)(=O)OCC(F)(F)F.Cc1nc2cccc(-c3cc4c([nH]3)CCNC4=O)c2nc1NC1CC(N)C1.Cc1nc2cccc(-c3cc4c([nH]3)CCNC4=O)c2nc1NC1CC(NCC(F)(F)F)C1.Cl. The predicted molar refractivity (Wildman–Crippen MR) is 253 cm³/mol. The highest BCUT2D eigenvalue weighted by atomic mass is 35.5. The maximum atomic E-state index is 12.4. The Morgan fingerprint density at radius 3 is 1.53 bits per heavy atom. The highest BCUT2D eigenvalue weighted by Gasteiger charge is 2.35. The van der Waals surface area contributed by atoms with Gasteiger partial charge in [-0.1, -0.05) is 24.3 Å². The molecule has 2 fully saturated rings. The van der Waals surface area contributed by atoms with Crippen molar-refractivity contribution in [3.8, 4) is 22.5 Å². The highest BCUT2D eigenvalue weighted by Crippen LogP contribution is 2.34. The van der Waals surface area contributed by atoms with Crippen LogP contribution in [0.25, 0.3) is 44.6 Å². The average Bonchev–Trinajstić information content (AvgIpc) is 3.90. The van der Waals surface area contributed by atoms with Gasteiger partial charge in [0.1, 0.15) is 22.7 Å². The number of nitrogens with one attached hydrogen (secondary N) is 7. The largest absolute Gasteiger partial charge is 0.413 e. The number of aromatic nitrogens is 6. The van der Waals surface area contributed by atoms with Crippen molar-refractivity contribution in [2.24, 2.45) is 5.73 Å². The molecule has 6 heterocycles. The summed E-state index contributed by atoms with van der Waals surface area (Å²) in [6.45, 7) is 2.37. The van der Waals surface area contributed by atoms with Crippen molar-refractivity contribution in [1.82, 2.24) is 45.9 Å². The van der Waals surface area contributed by atoms with Gasteiger partial charge in [-0.3, -0.25) is 13.8 Å². The monoisotopic (exact) mass is 1020 g/mol. The number of nitrogens with zero attached hydrogens (tertiary/aromatic N) is 4. The first-order valence-electron chi connectivity index (χ1n) is 22.1. The van der Waals surface area contributed by atoms with Crippen LogP contribution in [0.2, 0.25) is 0 Å². The van der Waals surface area contributed by atoms with Crippen molar-refractivity contribution in [2.75, 3.05) is 43.1 Å². The van der Waals surface area contributed by atoms with Crippen molar-refractivity contribution in [3.05, 3.63) is 82.4 Å². The minimum absolute atomic E-state index is 0. The van der Waals surface area contributed by atoms with Gasteiger partial charge in [0.05, 0.1) is 46.3 Å². The second kappa shape index (κ2) is 20.7. The molecule has 70 heavy (non-hydrogen) atoms. The number of H-pyrrole nitrogens is 2. The molecule has 4 aliphatic rings. The van der Waals surface area contributed by atoms with E-state index in [0.717, 1.165) is 98.9 Å². The number of carbonyl (C=O) groups excluding carboxylic acids is 2. The first kappa shape index (κ1) is 51.8. The molecule has 6 aromatic rings. The quantitative estimate of drug-likeness (QED) is 0.0549. The van der Waals surface area contributed by atoms with E-state index in [1.165, 1.54) is 0 Å². The number of para-hydroxylation sites is 2. The van der Waals surface area contributed by atoms with Gasteiger partial charge in [0.25, 0.3) is 21.9 Å². The molecule has 0 atom stereocenters. The van der Waals surface area contributed by atoms with Crippen LogP contribution in [0.1, 0.15) is 69.2 Å². The Kier molecular flexibility index (Phi) is 15.3. The molecule has 10 rings (SSSR count). The number of carbonyl (C=O) groups is 2. The molecule has 0 radical (unpaired) electrons. The van der Waals surface area contributed by atoms with Gasteiger partial charge < -0.3 is 42.3 Å². The predicted octanol–water partition coefficient (Wildman–Crippen LogP) is 6.38. The average molecular weight is 1020 g/mol. The third-order valence-electron chi connectivity index (χ3n) is 11.9. The molecule has 2 aliphatic heterocycles. The second-order valence-electron chi connectivity index (χ2n) is 17.5. The summed E-state index contributed by atoms with van der Waals surface area (Å²) < 4.78 is 94.1. The molecule has 17 nitrogen and oxygen atoms in total. The maximum Gasteiger partial charge on any atom is 0.413 e. The lowest BCUT2D eigenvalue weighted by Crippen LogP contribution is -2.50. The summed E-state index contributed by atoms with van der Waals surface area (Å²) in [5.41, 5.74) is 17.4. The van der Waals surface area contributed by atoms with Crippen LogP contribution in [-0.2, 0) is 27.1 Å². The topological polar surface area (TPSA) is 247 Å². The molecular weight excluding hydrogens is 970 g/mol. The Morgan fingerprint density at radius 2 is 1.14 bits per heavy atom. The van der Waals surface area contributed by atoms with Gasteiger partial charge in [0, 0.05) is 84.0 Å². The third-order valence-corrected chi connectivity index (χ3v) is 12.5. The smallest absolute Gasteiger partial charge is 0.366 e. The fraction of sp³-hybridized carbons (Fsp3) is 0.422. The highest BCUT2D eigenvalue weighted by molar-refractivity contribution is 7.86. The summed E-state index contributed by atoms with van der Waals surface area (Å²) in [5, 5.41) is 15.1. The zero-order chi connectivity index (χ0) is 49.4. The van der Waals surface area contributed by atoms with E-state index in [9.17, 15) is 44.3 Å². The van der Waals surface area contributed by atoms with Gasteiger partial charge in [-0.15, -0.1) is 12.4 Å². The van der Waals surface area contributed by atoms with Crippen LogP contribution in [0.15, 0.2) is 48.5 Å². The molecular formula is C45H51ClF6N12O5S. The number of halogens is 7. The van der Waals surface area contributed by atoms with Crippen molar-refractivity contribution in [1.29, 1.82) is 0 Å². The Balaban J connectivity index is 0.000000173. The summed E-state index contributed by atoms with van der Waals surface area (Å²) in [5.74, 6) is 1.32. The minimum Gasteiger partial charge on any atom is -0.366 e. The number of fused-ring (bicyclic) bond motifs is 4. The zero-order valence-electron chi connectivity index (χ0n) is 38.0. The van der Waals surface area contributed by atoms with E-state index in [4.69, 9.17) is 20.7 Å². The molecule has 0 unspecified atom stereocenters. The molecule has 9 N–H and O–H groups in total. The van der Waals surface area contributed by atoms with Crippen LogP contribution in [0.3, 0.4) is 0 Å². The fourth-order valence-electron chi connectivity index (χ4n) is 8.42. The van der Waals surface area contributed by atoms with Gasteiger partial charge in [-0.2, -0.15) is 34.8 Å². The maximum absolute atomic E-state index is 12.4. The van der Waals surface area contributed by atoms with Crippen molar-refractivity contribution < 1.29 is 48.5 Å². The lowest BCUT2D eigenvalue weighted by molar-refractivity contribution is -0.152. The van der Waals surface area contributed by atoms with Crippen LogP contribution in [0.4, 0.5) is 38.0 Å². The summed E-state index contributed by atoms with van der Waals surface area (Å²) in [4.78, 5) is 50.1. The second-order valence-corrected chi connectivity index (χ2v) is 19.1. The van der Waals surface area contributed by atoms with Gasteiger partial charge >= 0.3 is 12.4 Å². The molecule has 25 heteroatoms. The zero-order valence-corrected chi connectivity index (χ0v) is 39.6. The molecule has 0 spiro atoms. The van der Waals surface area contributed by atoms with Crippen LogP contribution in [-0.4, -0.2) is 119 Å². The van der Waals surface area contributed by atoms with E-state index in [2.05, 4.69) is 45.7 Å². The number of amides is 2. The van der Waals surface area contributed by atoms with Crippen LogP contribution < -0.4 is 32.3 Å². The first-order valence-corrected chi connectivity index (χ1v) is 23.9. The number of nitrogens with two attached hydrogens (primary N) is 1. The van der Waals surface area contributed by atoms with Crippen LogP contribution in [0.5, 0.6) is 0 Å². The molecule has 2 aliphatic carbocycles. The number of hydrogen-bond acceptors (Lipinski definition) is 13. The fourth-order valence-corrected chi connectivity index (χ4v) is 8.77. The Bertz CT molecular complexity index is 3010. The number of alkyl halides is 6. The van der Waals surface area contributed by atoms with E-state index in [0.29, 0.717) is 55.1 Å². The molecule has 2 saturated carbocycles. The van der Waals surface area contributed by atoms with Crippen molar-refractivity contribution in [3.63, 3.8) is 0 Å². The first-order chi connectivity index (χ1) is 32.6. The standard InChI is InChI=1S/C22H23F3N6O.C20H22N6O.C3H5F3O3S.ClH/c1-11-20(29-13-7-12(8-13)27-10-22(23,24)25)31-19-14(3-2-4-17(19)28-11)18-9-15-16(30-18)5-6-26-21(15)32;1-10-19(24-12-7-11(21)8-12)26-18-13(3-2-4-16(18)23-10)17-9-14-15(25-17)5-6-22-20(14)27;1-10(7,8)9-2-3(4,5)6;/h2-4,9,12-13,27,30H,5-8,10H2,1H3,(H,26,32)(H,29,31);2-4,9,11-12,25H,5-8,21H2,1H3,(H,22,27)(H,24,26);2H2,1H3;1H. The summed E-state index contributed by atoms with van der Waals surface area (Å²) in [6, 6.07) is 16.0. The molecule has 0 saturated heterocycles. The number of aryl methyl sites for hydroxylation is 2. The minimum atomic E-state index is -4.59. The summed E-state index contributed by atoms with van der Waals surface area (Å²) in [6.07, 6.45) is -3.59. The molecule has 376 valence electrons. The van der Waals surface area contributed by atoms with E-state index in [1.54, 1.807) is 0 Å². The van der Waals surface area contributed by atoms with Gasteiger partial charge in [0.2, 0.25) is 0 Å². The van der Waals surface area contributed by atoms with Crippen molar-refractivity contribution >= 4 is 68.0 Å². The van der Waals surface area contributed by atoms with E-state index in [-0.39, 0.29) is 42.3 Å². The molecule has 2 aromatic carbocycles. The summed E-state index contributed by atoms with van der Waals surface area (Å²) in [7, 11) is -3.98. The van der Waals surface area contributed by atoms with Gasteiger partial charge in [0.15, 0.2) is 6.61 Å². The van der Waals surface area contributed by atoms with Crippen molar-refractivity contribution in [2.45, 2.75) is 88.9 Å². The number of anilines is 2. The molecule has 0 bridgehead atoms. The van der Waals surface area contributed by atoms with E-state index in [1.807, 2.05) is 62.4 Å². The number of rotatable bonds is 10. The Morgan fingerprint density at radius 1 is 0.686 bits per heavy atom. The number of benzene rings is 2. The van der Waals surface area contributed by atoms with E-state index >= 15 is 0 Å². The van der Waals surface area contributed by atoms with Gasteiger partial charge in [-0.25, -0.2) is 19.9 Å². The normalized spacial score (nSPS) is 19.6. The molecule has 4 aromatic heterocycles. The summed E-state index contributed by atoms with van der Waals surface area (Å²) >= 11 is 0.